The van der Waals surface area contributed by atoms with E-state index in [1.165, 1.54) is 0 Å². The predicted octanol–water partition coefficient (Wildman–Crippen LogP) is 2.55. The van der Waals surface area contributed by atoms with Gasteiger partial charge >= 0.3 is 0 Å². The molecule has 2 N–H and O–H groups in total. The summed E-state index contributed by atoms with van der Waals surface area (Å²) >= 11 is 5.81. The fourth-order valence-corrected chi connectivity index (χ4v) is 2.68. The van der Waals surface area contributed by atoms with Crippen molar-refractivity contribution >= 4 is 17.5 Å². The highest BCUT2D eigenvalue weighted by Crippen LogP contribution is 2.23. The summed E-state index contributed by atoms with van der Waals surface area (Å²) in [7, 11) is 0. The number of carbonyl (C=O) groups excluding carboxylic acids is 1. The highest BCUT2D eigenvalue weighted by atomic mass is 35.5. The third-order valence-corrected chi connectivity index (χ3v) is 4.00. The van der Waals surface area contributed by atoms with E-state index in [4.69, 9.17) is 16.7 Å². The van der Waals surface area contributed by atoms with Crippen molar-refractivity contribution in [3.63, 3.8) is 0 Å². The summed E-state index contributed by atoms with van der Waals surface area (Å²) in [4.78, 5) is 11.9. The number of rotatable bonds is 4. The lowest BCUT2D eigenvalue weighted by Crippen LogP contribution is -2.38. The smallest absolute Gasteiger partial charge is 0.224 e. The van der Waals surface area contributed by atoms with Gasteiger partial charge in [-0.15, -0.1) is 0 Å². The van der Waals surface area contributed by atoms with Crippen molar-refractivity contribution in [1.82, 2.24) is 5.32 Å². The van der Waals surface area contributed by atoms with Gasteiger partial charge in [-0.05, 0) is 49.3 Å². The van der Waals surface area contributed by atoms with E-state index in [-0.39, 0.29) is 18.6 Å². The van der Waals surface area contributed by atoms with Gasteiger partial charge in [0.15, 0.2) is 0 Å². The predicted molar refractivity (Wildman–Crippen MR) is 76.1 cm³/mol. The normalized spacial score (nSPS) is 23.1. The van der Waals surface area contributed by atoms with Gasteiger partial charge < -0.3 is 10.4 Å². The van der Waals surface area contributed by atoms with E-state index < -0.39 is 0 Å². The number of halogens is 1. The Labute approximate surface area is 119 Å². The monoisotopic (exact) mass is 281 g/mol. The van der Waals surface area contributed by atoms with Gasteiger partial charge in [0.1, 0.15) is 0 Å². The number of benzene rings is 1. The van der Waals surface area contributed by atoms with Gasteiger partial charge in [-0.2, -0.15) is 0 Å². The molecule has 1 amide bonds. The fourth-order valence-electron chi connectivity index (χ4n) is 2.56. The Morgan fingerprint density at radius 2 is 1.84 bits per heavy atom. The Morgan fingerprint density at radius 3 is 2.42 bits per heavy atom. The second kappa shape index (κ2) is 6.92. The number of nitrogens with one attached hydrogen (secondary N) is 1. The molecule has 1 saturated carbocycles. The van der Waals surface area contributed by atoms with Crippen molar-refractivity contribution in [2.24, 2.45) is 5.92 Å². The molecule has 1 aromatic carbocycles. The van der Waals surface area contributed by atoms with Gasteiger partial charge in [-0.25, -0.2) is 0 Å². The summed E-state index contributed by atoms with van der Waals surface area (Å²) in [6.07, 6.45) is 4.34. The molecule has 1 aliphatic rings. The third-order valence-electron chi connectivity index (χ3n) is 3.75. The minimum atomic E-state index is 0.0646. The highest BCUT2D eigenvalue weighted by molar-refractivity contribution is 6.30. The molecule has 2 rings (SSSR count). The van der Waals surface area contributed by atoms with Crippen LogP contribution in [0.1, 0.15) is 31.2 Å². The summed E-state index contributed by atoms with van der Waals surface area (Å²) in [5, 5.41) is 12.8. The van der Waals surface area contributed by atoms with Gasteiger partial charge in [0.05, 0.1) is 6.42 Å². The SMILES string of the molecule is O=C(Cc1ccc(Cl)cc1)NC1CCC(CO)CC1. The summed E-state index contributed by atoms with van der Waals surface area (Å²) in [5.74, 6) is 0.485. The molecule has 0 heterocycles. The lowest BCUT2D eigenvalue weighted by Gasteiger charge is -2.27. The van der Waals surface area contributed by atoms with Gasteiger partial charge in [-0.1, -0.05) is 23.7 Å². The van der Waals surface area contributed by atoms with Crippen molar-refractivity contribution in [1.29, 1.82) is 0 Å². The van der Waals surface area contributed by atoms with Crippen molar-refractivity contribution in [2.45, 2.75) is 38.1 Å². The summed E-state index contributed by atoms with van der Waals surface area (Å²) in [5.41, 5.74) is 0.978. The van der Waals surface area contributed by atoms with Crippen LogP contribution in [0.25, 0.3) is 0 Å². The van der Waals surface area contributed by atoms with Crippen molar-refractivity contribution in [2.75, 3.05) is 6.61 Å². The summed E-state index contributed by atoms with van der Waals surface area (Å²) < 4.78 is 0. The molecule has 4 heteroatoms. The molecule has 0 unspecified atom stereocenters. The average molecular weight is 282 g/mol. The van der Waals surface area contributed by atoms with Gasteiger partial charge in [0.2, 0.25) is 5.91 Å². The van der Waals surface area contributed by atoms with E-state index in [9.17, 15) is 4.79 Å². The lowest BCUT2D eigenvalue weighted by molar-refractivity contribution is -0.121. The van der Waals surface area contributed by atoms with Crippen molar-refractivity contribution in [3.8, 4) is 0 Å². The fraction of sp³-hybridized carbons (Fsp3) is 0.533. The first-order valence-corrected chi connectivity index (χ1v) is 7.20. The van der Waals surface area contributed by atoms with Crippen LogP contribution < -0.4 is 5.32 Å². The molecule has 1 aliphatic carbocycles. The number of hydrogen-bond acceptors (Lipinski definition) is 2. The van der Waals surface area contributed by atoms with Crippen LogP contribution in [0, 0.1) is 5.92 Å². The number of carbonyl (C=O) groups is 1. The van der Waals surface area contributed by atoms with Crippen LogP contribution in [-0.4, -0.2) is 23.7 Å². The van der Waals surface area contributed by atoms with Crippen LogP contribution in [-0.2, 0) is 11.2 Å². The lowest BCUT2D eigenvalue weighted by atomic mass is 9.86. The molecule has 0 radical (unpaired) electrons. The molecular weight excluding hydrogens is 262 g/mol. The number of hydrogen-bond donors (Lipinski definition) is 2. The first-order chi connectivity index (χ1) is 9.17. The zero-order chi connectivity index (χ0) is 13.7. The molecule has 0 atom stereocenters. The molecule has 3 nitrogen and oxygen atoms in total. The largest absolute Gasteiger partial charge is 0.396 e. The minimum Gasteiger partial charge on any atom is -0.396 e. The molecule has 1 fully saturated rings. The van der Waals surface area contributed by atoms with E-state index in [0.717, 1.165) is 31.2 Å². The quantitative estimate of drug-likeness (QED) is 0.891. The Morgan fingerprint density at radius 1 is 1.21 bits per heavy atom. The summed E-state index contributed by atoms with van der Waals surface area (Å²) in [6, 6.07) is 7.63. The van der Waals surface area contributed by atoms with Crippen LogP contribution >= 0.6 is 11.6 Å². The van der Waals surface area contributed by atoms with Crippen molar-refractivity contribution in [3.05, 3.63) is 34.9 Å². The van der Waals surface area contributed by atoms with Crippen LogP contribution in [0.5, 0.6) is 0 Å². The zero-order valence-electron chi connectivity index (χ0n) is 10.9. The van der Waals surface area contributed by atoms with Crippen LogP contribution in [0.4, 0.5) is 0 Å². The van der Waals surface area contributed by atoms with Crippen LogP contribution in [0.2, 0.25) is 5.02 Å². The Balaban J connectivity index is 1.77. The molecule has 19 heavy (non-hydrogen) atoms. The third kappa shape index (κ3) is 4.51. The Hall–Kier alpha value is -1.06. The van der Waals surface area contributed by atoms with E-state index in [0.29, 0.717) is 17.4 Å². The molecule has 0 aliphatic heterocycles. The highest BCUT2D eigenvalue weighted by Gasteiger charge is 2.21. The van der Waals surface area contributed by atoms with E-state index >= 15 is 0 Å². The molecule has 0 bridgehead atoms. The van der Waals surface area contributed by atoms with E-state index in [1.807, 2.05) is 12.1 Å². The second-order valence-electron chi connectivity index (χ2n) is 5.27. The number of aliphatic hydroxyl groups is 1. The van der Waals surface area contributed by atoms with E-state index in [1.54, 1.807) is 12.1 Å². The molecular formula is C15H20ClNO2. The molecule has 1 aromatic rings. The average Bonchev–Trinajstić information content (AvgIpc) is 2.42. The minimum absolute atomic E-state index is 0.0646. The number of aliphatic hydroxyl groups excluding tert-OH is 1. The maximum atomic E-state index is 11.9. The molecule has 104 valence electrons. The maximum Gasteiger partial charge on any atom is 0.224 e. The number of amides is 1. The first kappa shape index (κ1) is 14.4. The zero-order valence-corrected chi connectivity index (χ0v) is 11.7. The van der Waals surface area contributed by atoms with E-state index in [2.05, 4.69) is 5.32 Å². The van der Waals surface area contributed by atoms with Crippen molar-refractivity contribution < 1.29 is 9.90 Å². The standard InChI is InChI=1S/C15H20ClNO2/c16-13-5-1-11(2-6-13)9-15(19)17-14-7-3-12(10-18)4-8-14/h1-2,5-6,12,14,18H,3-4,7-10H2,(H,17,19). The second-order valence-corrected chi connectivity index (χ2v) is 5.71. The Bertz CT molecular complexity index is 411. The van der Waals surface area contributed by atoms with Gasteiger partial charge in [-0.3, -0.25) is 4.79 Å². The van der Waals surface area contributed by atoms with Gasteiger partial charge in [0.25, 0.3) is 0 Å². The molecule has 0 spiro atoms. The van der Waals surface area contributed by atoms with Gasteiger partial charge in [0, 0.05) is 17.7 Å². The molecule has 0 saturated heterocycles. The maximum absolute atomic E-state index is 11.9. The molecule has 0 aromatic heterocycles. The summed E-state index contributed by atoms with van der Waals surface area (Å²) in [6.45, 7) is 0.269. The first-order valence-electron chi connectivity index (χ1n) is 6.82. The Kier molecular flexibility index (Phi) is 5.23. The topological polar surface area (TPSA) is 49.3 Å². The van der Waals surface area contributed by atoms with Crippen LogP contribution in [0.15, 0.2) is 24.3 Å². The van der Waals surface area contributed by atoms with Crippen LogP contribution in [0.3, 0.4) is 0 Å².